The lowest BCUT2D eigenvalue weighted by Gasteiger charge is -2.16. The molecule has 0 bridgehead atoms. The van der Waals surface area contributed by atoms with E-state index in [1.807, 2.05) is 26.1 Å². The van der Waals surface area contributed by atoms with Gasteiger partial charge in [0.25, 0.3) is 0 Å². The standard InChI is InChI=1S/C19H15NO4.C2H6/c1-22-16-3-2-11-6-15-13-8-18-17(23-10-24-18)7-12(13)4-5-20(15)9-14(11)19(16)21;1-2/h2-3,6-9H,4-5,10H2,1H3;1-2H3/p+1. The van der Waals surface area contributed by atoms with Crippen molar-refractivity contribution in [2.24, 2.45) is 0 Å². The second-order valence-corrected chi connectivity index (χ2v) is 6.08. The van der Waals surface area contributed by atoms with E-state index >= 15 is 0 Å². The second-order valence-electron chi connectivity index (χ2n) is 6.08. The number of fused-ring (bicyclic) bond motifs is 5. The molecule has 5 nitrogen and oxygen atoms in total. The molecular formula is C21H22NO4+. The van der Waals surface area contributed by atoms with Gasteiger partial charge >= 0.3 is 0 Å². The van der Waals surface area contributed by atoms with Crippen molar-refractivity contribution in [2.45, 2.75) is 26.8 Å². The van der Waals surface area contributed by atoms with E-state index in [-0.39, 0.29) is 12.5 Å². The molecule has 0 radical (unpaired) electrons. The van der Waals surface area contributed by atoms with Gasteiger partial charge in [-0.2, -0.15) is 4.57 Å². The fraction of sp³-hybridized carbons (Fsp3) is 0.286. The van der Waals surface area contributed by atoms with Crippen molar-refractivity contribution in [1.82, 2.24) is 0 Å². The molecule has 1 aromatic heterocycles. The highest BCUT2D eigenvalue weighted by Gasteiger charge is 2.28. The van der Waals surface area contributed by atoms with Gasteiger partial charge < -0.3 is 19.3 Å². The van der Waals surface area contributed by atoms with Crippen LogP contribution in [0.1, 0.15) is 19.4 Å². The Labute approximate surface area is 152 Å². The highest BCUT2D eigenvalue weighted by molar-refractivity contribution is 5.91. The van der Waals surface area contributed by atoms with Crippen LogP contribution in [0, 0.1) is 0 Å². The molecule has 0 unspecified atom stereocenters. The number of phenols is 1. The zero-order valence-electron chi connectivity index (χ0n) is 15.2. The first-order valence-corrected chi connectivity index (χ1v) is 8.90. The van der Waals surface area contributed by atoms with Crippen molar-refractivity contribution < 1.29 is 23.9 Å². The SMILES string of the molecule is CC.COc1ccc2cc3[n+](cc2c1O)CCc1cc2c(cc1-3)OCO2. The predicted molar refractivity (Wildman–Crippen MR) is 99.0 cm³/mol. The fourth-order valence-electron chi connectivity index (χ4n) is 3.57. The van der Waals surface area contributed by atoms with Gasteiger partial charge in [0.2, 0.25) is 12.5 Å². The van der Waals surface area contributed by atoms with E-state index in [1.165, 1.54) is 5.56 Å². The van der Waals surface area contributed by atoms with Gasteiger partial charge in [-0.05, 0) is 35.2 Å². The highest BCUT2D eigenvalue weighted by Crippen LogP contribution is 2.41. The third kappa shape index (κ3) is 2.43. The van der Waals surface area contributed by atoms with Crippen molar-refractivity contribution in [2.75, 3.05) is 13.9 Å². The average Bonchev–Trinajstić information content (AvgIpc) is 3.14. The molecule has 134 valence electrons. The third-order valence-electron chi connectivity index (χ3n) is 4.82. The molecule has 5 heteroatoms. The molecule has 26 heavy (non-hydrogen) atoms. The van der Waals surface area contributed by atoms with Gasteiger partial charge in [-0.3, -0.25) is 0 Å². The van der Waals surface area contributed by atoms with Crippen LogP contribution in [-0.2, 0) is 13.0 Å². The Balaban J connectivity index is 0.000000814. The molecule has 0 fully saturated rings. The number of hydrogen-bond acceptors (Lipinski definition) is 4. The maximum absolute atomic E-state index is 10.4. The molecule has 3 aromatic rings. The summed E-state index contributed by atoms with van der Waals surface area (Å²) in [6.07, 6.45) is 2.91. The molecule has 1 N–H and O–H groups in total. The fourth-order valence-corrected chi connectivity index (χ4v) is 3.57. The van der Waals surface area contributed by atoms with Crippen LogP contribution in [0.25, 0.3) is 22.0 Å². The van der Waals surface area contributed by atoms with Crippen molar-refractivity contribution in [1.29, 1.82) is 0 Å². The van der Waals surface area contributed by atoms with Gasteiger partial charge in [0.1, 0.15) is 0 Å². The maximum atomic E-state index is 10.4. The Morgan fingerprint density at radius 3 is 2.62 bits per heavy atom. The maximum Gasteiger partial charge on any atom is 0.231 e. The van der Waals surface area contributed by atoms with Gasteiger partial charge in [-0.1, -0.05) is 13.8 Å². The van der Waals surface area contributed by atoms with Crippen LogP contribution in [-0.4, -0.2) is 19.0 Å². The molecule has 0 spiro atoms. The van der Waals surface area contributed by atoms with E-state index in [2.05, 4.69) is 22.8 Å². The zero-order valence-corrected chi connectivity index (χ0v) is 15.2. The van der Waals surface area contributed by atoms with Crippen LogP contribution in [0.2, 0.25) is 0 Å². The smallest absolute Gasteiger partial charge is 0.231 e. The summed E-state index contributed by atoms with van der Waals surface area (Å²) in [7, 11) is 1.56. The topological polar surface area (TPSA) is 51.8 Å². The largest absolute Gasteiger partial charge is 0.504 e. The number of pyridine rings is 1. The van der Waals surface area contributed by atoms with Crippen LogP contribution < -0.4 is 18.8 Å². The molecule has 0 amide bonds. The van der Waals surface area contributed by atoms with E-state index in [0.717, 1.165) is 46.5 Å². The third-order valence-corrected chi connectivity index (χ3v) is 4.82. The second kappa shape index (κ2) is 6.41. The summed E-state index contributed by atoms with van der Waals surface area (Å²) in [4.78, 5) is 0. The molecule has 0 saturated carbocycles. The Morgan fingerprint density at radius 2 is 1.85 bits per heavy atom. The summed E-state index contributed by atoms with van der Waals surface area (Å²) >= 11 is 0. The number of hydrogen-bond donors (Lipinski definition) is 1. The van der Waals surface area contributed by atoms with Gasteiger partial charge in [0.05, 0.1) is 18.1 Å². The summed E-state index contributed by atoms with van der Waals surface area (Å²) in [5.74, 6) is 2.29. The van der Waals surface area contributed by atoms with Crippen molar-refractivity contribution in [3.8, 4) is 34.3 Å². The minimum absolute atomic E-state index is 0.182. The molecular weight excluding hydrogens is 330 g/mol. The number of methoxy groups -OCH3 is 1. The summed E-state index contributed by atoms with van der Waals surface area (Å²) in [5, 5.41) is 12.2. The van der Waals surface area contributed by atoms with Gasteiger partial charge in [-0.25, -0.2) is 0 Å². The van der Waals surface area contributed by atoms with Gasteiger partial charge in [0.15, 0.2) is 35.7 Å². The molecule has 2 aromatic carbocycles. The number of aryl methyl sites for hydroxylation is 2. The van der Waals surface area contributed by atoms with E-state index in [0.29, 0.717) is 5.75 Å². The number of ether oxygens (including phenoxy) is 3. The van der Waals surface area contributed by atoms with Crippen LogP contribution in [0.15, 0.2) is 36.5 Å². The van der Waals surface area contributed by atoms with Crippen LogP contribution in [0.5, 0.6) is 23.0 Å². The zero-order chi connectivity index (χ0) is 18.3. The Bertz CT molecular complexity index is 997. The first-order chi connectivity index (χ1) is 12.7. The van der Waals surface area contributed by atoms with Crippen molar-refractivity contribution in [3.05, 3.63) is 42.1 Å². The molecule has 0 aliphatic carbocycles. The Morgan fingerprint density at radius 1 is 1.08 bits per heavy atom. The normalized spacial score (nSPS) is 13.5. The summed E-state index contributed by atoms with van der Waals surface area (Å²) in [6, 6.07) is 10.00. The first kappa shape index (κ1) is 16.5. The minimum Gasteiger partial charge on any atom is -0.504 e. The number of phenolic OH excluding ortho intramolecular Hbond substituents is 1. The first-order valence-electron chi connectivity index (χ1n) is 8.90. The lowest BCUT2D eigenvalue weighted by Crippen LogP contribution is -2.39. The molecule has 2 aliphatic heterocycles. The minimum atomic E-state index is 0.182. The summed E-state index contributed by atoms with van der Waals surface area (Å²) < 4.78 is 18.4. The quantitative estimate of drug-likeness (QED) is 0.677. The molecule has 2 aliphatic rings. The number of aromatic nitrogens is 1. The summed E-state index contributed by atoms with van der Waals surface area (Å²) in [5.41, 5.74) is 3.53. The monoisotopic (exact) mass is 352 g/mol. The van der Waals surface area contributed by atoms with Crippen LogP contribution in [0.4, 0.5) is 0 Å². The number of nitrogens with zero attached hydrogens (tertiary/aromatic N) is 1. The predicted octanol–water partition coefficient (Wildman–Crippen LogP) is 3.82. The number of rotatable bonds is 1. The Hall–Kier alpha value is -2.95. The van der Waals surface area contributed by atoms with E-state index in [9.17, 15) is 5.11 Å². The lowest BCUT2D eigenvalue weighted by atomic mass is 9.95. The highest BCUT2D eigenvalue weighted by atomic mass is 16.7. The molecule has 0 saturated heterocycles. The molecule has 3 heterocycles. The molecule has 5 rings (SSSR count). The number of aromatic hydroxyl groups is 1. The van der Waals surface area contributed by atoms with E-state index in [1.54, 1.807) is 13.2 Å². The van der Waals surface area contributed by atoms with E-state index in [4.69, 9.17) is 14.2 Å². The van der Waals surface area contributed by atoms with Crippen molar-refractivity contribution in [3.63, 3.8) is 0 Å². The molecule has 0 atom stereocenters. The Kier molecular flexibility index (Phi) is 4.07. The van der Waals surface area contributed by atoms with Crippen molar-refractivity contribution >= 4 is 10.8 Å². The lowest BCUT2D eigenvalue weighted by molar-refractivity contribution is -0.686. The number of benzene rings is 2. The van der Waals surface area contributed by atoms with Gasteiger partial charge in [0, 0.05) is 12.5 Å². The van der Waals surface area contributed by atoms with Gasteiger partial charge in [-0.15, -0.1) is 0 Å². The van der Waals surface area contributed by atoms with E-state index < -0.39 is 0 Å². The summed E-state index contributed by atoms with van der Waals surface area (Å²) in [6.45, 7) is 5.14. The average molecular weight is 352 g/mol. The van der Waals surface area contributed by atoms with Crippen LogP contribution in [0.3, 0.4) is 0 Å². The van der Waals surface area contributed by atoms with Crippen LogP contribution >= 0.6 is 0 Å².